The van der Waals surface area contributed by atoms with E-state index in [0.717, 1.165) is 25.7 Å². The number of hydrogen-bond acceptors (Lipinski definition) is 4. The monoisotopic (exact) mass is 310 g/mol. The number of rotatable bonds is 3. The number of sulfonamides is 1. The van der Waals surface area contributed by atoms with Crippen molar-refractivity contribution in [1.29, 1.82) is 0 Å². The normalized spacial score (nSPS) is 22.5. The number of anilines is 1. The van der Waals surface area contributed by atoms with Crippen LogP contribution in [0, 0.1) is 0 Å². The maximum absolute atomic E-state index is 12.4. The van der Waals surface area contributed by atoms with E-state index in [1.165, 1.54) is 12.1 Å². The number of amides is 1. The van der Waals surface area contributed by atoms with E-state index in [1.807, 2.05) is 0 Å². The predicted molar refractivity (Wildman–Crippen MR) is 77.7 cm³/mol. The van der Waals surface area contributed by atoms with Crippen LogP contribution in [0.1, 0.15) is 32.6 Å². The third kappa shape index (κ3) is 2.89. The topological polar surface area (TPSA) is 84.5 Å². The number of benzene rings is 1. The molecule has 0 saturated heterocycles. The third-order valence-electron chi connectivity index (χ3n) is 3.87. The smallest absolute Gasteiger partial charge is 0.265 e. The summed E-state index contributed by atoms with van der Waals surface area (Å²) in [5, 5.41) is 2.68. The molecule has 2 aliphatic rings. The molecule has 1 aromatic rings. The summed E-state index contributed by atoms with van der Waals surface area (Å²) in [6.07, 6.45) is 3.26. The van der Waals surface area contributed by atoms with E-state index in [0.29, 0.717) is 11.4 Å². The highest BCUT2D eigenvalue weighted by molar-refractivity contribution is 7.89. The molecule has 1 fully saturated rings. The molecule has 6 nitrogen and oxygen atoms in total. The van der Waals surface area contributed by atoms with Gasteiger partial charge in [-0.3, -0.25) is 4.79 Å². The van der Waals surface area contributed by atoms with Crippen LogP contribution in [0.15, 0.2) is 23.1 Å². The van der Waals surface area contributed by atoms with Crippen molar-refractivity contribution >= 4 is 21.6 Å². The minimum absolute atomic E-state index is 0.0191. The van der Waals surface area contributed by atoms with Crippen molar-refractivity contribution in [3.05, 3.63) is 18.2 Å². The van der Waals surface area contributed by atoms with Crippen molar-refractivity contribution in [2.75, 3.05) is 5.32 Å². The molecule has 0 spiro atoms. The van der Waals surface area contributed by atoms with Crippen LogP contribution >= 0.6 is 0 Å². The van der Waals surface area contributed by atoms with Gasteiger partial charge in [0, 0.05) is 12.1 Å². The summed E-state index contributed by atoms with van der Waals surface area (Å²) in [6.45, 7) is 1.62. The highest BCUT2D eigenvalue weighted by Crippen LogP contribution is 2.32. The van der Waals surface area contributed by atoms with Crippen LogP contribution in [0.3, 0.4) is 0 Å². The number of nitrogens with one attached hydrogen (secondary N) is 2. The van der Waals surface area contributed by atoms with Gasteiger partial charge in [0.2, 0.25) is 10.0 Å². The van der Waals surface area contributed by atoms with Gasteiger partial charge < -0.3 is 10.1 Å². The maximum Gasteiger partial charge on any atom is 0.265 e. The number of ether oxygens (including phenoxy) is 1. The second kappa shape index (κ2) is 5.31. The van der Waals surface area contributed by atoms with E-state index < -0.39 is 16.1 Å². The van der Waals surface area contributed by atoms with Crippen molar-refractivity contribution in [1.82, 2.24) is 4.72 Å². The molecule has 1 amide bonds. The van der Waals surface area contributed by atoms with Gasteiger partial charge >= 0.3 is 0 Å². The number of fused-ring (bicyclic) bond motifs is 1. The fourth-order valence-electron chi connectivity index (χ4n) is 2.68. The Kier molecular flexibility index (Phi) is 3.62. The molecule has 0 aromatic heterocycles. The molecule has 7 heteroatoms. The molecule has 0 radical (unpaired) electrons. The lowest BCUT2D eigenvalue weighted by atomic mass is 10.2. The van der Waals surface area contributed by atoms with Crippen molar-refractivity contribution in [2.24, 2.45) is 0 Å². The molecular weight excluding hydrogens is 292 g/mol. The second-order valence-corrected chi connectivity index (χ2v) is 7.22. The van der Waals surface area contributed by atoms with Crippen molar-refractivity contribution in [3.63, 3.8) is 0 Å². The first kappa shape index (κ1) is 14.3. The third-order valence-corrected chi connectivity index (χ3v) is 5.39. The minimum Gasteiger partial charge on any atom is -0.479 e. The first-order valence-corrected chi connectivity index (χ1v) is 8.58. The summed E-state index contributed by atoms with van der Waals surface area (Å²) in [5.74, 6) is 0.151. The summed E-state index contributed by atoms with van der Waals surface area (Å²) in [4.78, 5) is 11.7. The zero-order valence-electron chi connectivity index (χ0n) is 11.8. The Balaban J connectivity index is 1.86. The van der Waals surface area contributed by atoms with E-state index >= 15 is 0 Å². The predicted octanol–water partition coefficient (Wildman–Crippen LogP) is 1.63. The lowest BCUT2D eigenvalue weighted by molar-refractivity contribution is -0.122. The Labute approximate surface area is 123 Å². The van der Waals surface area contributed by atoms with Gasteiger partial charge in [-0.05, 0) is 31.9 Å². The summed E-state index contributed by atoms with van der Waals surface area (Å²) in [7, 11) is -3.55. The van der Waals surface area contributed by atoms with Crippen LogP contribution in [-0.4, -0.2) is 26.5 Å². The van der Waals surface area contributed by atoms with E-state index in [1.54, 1.807) is 13.0 Å². The Morgan fingerprint density at radius 2 is 2.00 bits per heavy atom. The van der Waals surface area contributed by atoms with E-state index in [-0.39, 0.29) is 16.8 Å². The molecule has 1 heterocycles. The SMILES string of the molecule is CC1Oc2cc(S(=O)(=O)NC3CCCC3)ccc2NC1=O. The fourth-order valence-corrected chi connectivity index (χ4v) is 4.00. The number of carbonyl (C=O) groups is 1. The first-order chi connectivity index (χ1) is 9.95. The van der Waals surface area contributed by atoms with Crippen molar-refractivity contribution in [3.8, 4) is 5.75 Å². The van der Waals surface area contributed by atoms with Gasteiger partial charge in [0.15, 0.2) is 6.10 Å². The number of hydrogen-bond donors (Lipinski definition) is 2. The highest BCUT2D eigenvalue weighted by atomic mass is 32.2. The molecule has 1 saturated carbocycles. The van der Waals surface area contributed by atoms with Gasteiger partial charge in [-0.15, -0.1) is 0 Å². The summed E-state index contributed by atoms with van der Waals surface area (Å²) >= 11 is 0. The van der Waals surface area contributed by atoms with Crippen LogP contribution in [-0.2, 0) is 14.8 Å². The van der Waals surface area contributed by atoms with Crippen LogP contribution < -0.4 is 14.8 Å². The zero-order chi connectivity index (χ0) is 15.0. The van der Waals surface area contributed by atoms with Gasteiger partial charge in [-0.25, -0.2) is 13.1 Å². The molecule has 0 bridgehead atoms. The molecule has 1 atom stereocenters. The molecule has 114 valence electrons. The average molecular weight is 310 g/mol. The average Bonchev–Trinajstić information content (AvgIpc) is 2.91. The molecule has 21 heavy (non-hydrogen) atoms. The molecule has 1 unspecified atom stereocenters. The molecule has 1 aliphatic carbocycles. The molecule has 2 N–H and O–H groups in total. The number of carbonyl (C=O) groups excluding carboxylic acids is 1. The van der Waals surface area contributed by atoms with Crippen LogP contribution in [0.2, 0.25) is 0 Å². The standard InChI is InChI=1S/C14H18N2O4S/c1-9-14(17)15-12-7-6-11(8-13(12)20-9)21(18,19)16-10-4-2-3-5-10/h6-10,16H,2-5H2,1H3,(H,15,17). The van der Waals surface area contributed by atoms with Gasteiger partial charge in [0.25, 0.3) is 5.91 Å². The van der Waals surface area contributed by atoms with Crippen LogP contribution in [0.25, 0.3) is 0 Å². The molecular formula is C14H18N2O4S. The maximum atomic E-state index is 12.4. The lowest BCUT2D eigenvalue weighted by Gasteiger charge is -2.23. The molecule has 1 aliphatic heterocycles. The quantitative estimate of drug-likeness (QED) is 0.888. The summed E-state index contributed by atoms with van der Waals surface area (Å²) in [5.41, 5.74) is 0.498. The van der Waals surface area contributed by atoms with Gasteiger partial charge in [0.05, 0.1) is 10.6 Å². The Bertz CT molecular complexity index is 666. The van der Waals surface area contributed by atoms with Gasteiger partial charge in [-0.2, -0.15) is 0 Å². The Hall–Kier alpha value is -1.60. The van der Waals surface area contributed by atoms with E-state index in [4.69, 9.17) is 4.74 Å². The lowest BCUT2D eigenvalue weighted by Crippen LogP contribution is -2.35. The van der Waals surface area contributed by atoms with E-state index in [2.05, 4.69) is 10.0 Å². The van der Waals surface area contributed by atoms with Crippen LogP contribution in [0.5, 0.6) is 5.75 Å². The molecule has 1 aromatic carbocycles. The van der Waals surface area contributed by atoms with Gasteiger partial charge in [-0.1, -0.05) is 12.8 Å². The van der Waals surface area contributed by atoms with Crippen molar-refractivity contribution < 1.29 is 17.9 Å². The van der Waals surface area contributed by atoms with Crippen LogP contribution in [0.4, 0.5) is 5.69 Å². The largest absolute Gasteiger partial charge is 0.479 e. The van der Waals surface area contributed by atoms with Gasteiger partial charge in [0.1, 0.15) is 5.75 Å². The highest BCUT2D eigenvalue weighted by Gasteiger charge is 2.27. The molecule has 3 rings (SSSR count). The van der Waals surface area contributed by atoms with Crippen molar-refractivity contribution in [2.45, 2.75) is 49.6 Å². The zero-order valence-corrected chi connectivity index (χ0v) is 12.6. The fraction of sp³-hybridized carbons (Fsp3) is 0.500. The Morgan fingerprint density at radius 1 is 1.29 bits per heavy atom. The Morgan fingerprint density at radius 3 is 2.71 bits per heavy atom. The minimum atomic E-state index is -3.55. The summed E-state index contributed by atoms with van der Waals surface area (Å²) < 4.78 is 32.9. The first-order valence-electron chi connectivity index (χ1n) is 7.09. The summed E-state index contributed by atoms with van der Waals surface area (Å²) in [6, 6.07) is 4.52. The van der Waals surface area contributed by atoms with E-state index in [9.17, 15) is 13.2 Å². The second-order valence-electron chi connectivity index (χ2n) is 5.51.